The van der Waals surface area contributed by atoms with Gasteiger partial charge in [-0.2, -0.15) is 0 Å². The Kier molecular flexibility index (Phi) is 6.93. The van der Waals surface area contributed by atoms with Crippen molar-refractivity contribution in [2.24, 2.45) is 0 Å². The summed E-state index contributed by atoms with van der Waals surface area (Å²) in [7, 11) is 0.724. The van der Waals surface area contributed by atoms with E-state index in [1.807, 2.05) is 0 Å². The van der Waals surface area contributed by atoms with Gasteiger partial charge in [-0.05, 0) is 42.7 Å². The van der Waals surface area contributed by atoms with Gasteiger partial charge in [0, 0.05) is 32.6 Å². The maximum Gasteiger partial charge on any atom is 0.271 e. The lowest BCUT2D eigenvalue weighted by Gasteiger charge is -2.15. The minimum Gasteiger partial charge on any atom is -0.496 e. The van der Waals surface area contributed by atoms with Crippen molar-refractivity contribution in [3.8, 4) is 5.75 Å². The van der Waals surface area contributed by atoms with Crippen LogP contribution in [0.1, 0.15) is 17.5 Å². The van der Waals surface area contributed by atoms with Gasteiger partial charge in [0.2, 0.25) is 15.9 Å². The highest BCUT2D eigenvalue weighted by atomic mass is 32.2. The number of nitrogens with one attached hydrogen (secondary N) is 1. The first-order valence-electron chi connectivity index (χ1n) is 8.70. The highest BCUT2D eigenvalue weighted by Gasteiger charge is 2.19. The van der Waals surface area contributed by atoms with Crippen LogP contribution in [-0.2, 0) is 21.2 Å². The Morgan fingerprint density at radius 2 is 1.90 bits per heavy atom. The summed E-state index contributed by atoms with van der Waals surface area (Å²) >= 11 is 0. The number of ether oxygens (including phenoxy) is 1. The minimum absolute atomic E-state index is 0.0456. The molecular weight excluding hydrogens is 398 g/mol. The molecule has 2 aromatic rings. The molecule has 0 saturated heterocycles. The lowest BCUT2D eigenvalue weighted by Crippen LogP contribution is -2.22. The van der Waals surface area contributed by atoms with E-state index >= 15 is 0 Å². The van der Waals surface area contributed by atoms with Gasteiger partial charge in [-0.25, -0.2) is 12.7 Å². The van der Waals surface area contributed by atoms with Crippen molar-refractivity contribution in [2.75, 3.05) is 26.5 Å². The number of carbonyl (C=O) groups excluding carboxylic acids is 1. The molecule has 156 valence electrons. The molecule has 0 aliphatic carbocycles. The Labute approximate surface area is 169 Å². The quantitative estimate of drug-likeness (QED) is 0.517. The number of amides is 1. The van der Waals surface area contributed by atoms with Crippen molar-refractivity contribution >= 4 is 27.3 Å². The molecule has 0 bridgehead atoms. The molecule has 0 aromatic heterocycles. The van der Waals surface area contributed by atoms with Crippen molar-refractivity contribution in [3.63, 3.8) is 0 Å². The number of aryl methyl sites for hydroxylation is 2. The molecule has 0 fully saturated rings. The van der Waals surface area contributed by atoms with Crippen molar-refractivity contribution in [1.29, 1.82) is 0 Å². The predicted molar refractivity (Wildman–Crippen MR) is 109 cm³/mol. The van der Waals surface area contributed by atoms with Crippen molar-refractivity contribution in [1.82, 2.24) is 4.31 Å². The molecule has 10 heteroatoms. The van der Waals surface area contributed by atoms with Crippen LogP contribution in [0.25, 0.3) is 0 Å². The Morgan fingerprint density at radius 3 is 2.48 bits per heavy atom. The molecule has 1 N–H and O–H groups in total. The Morgan fingerprint density at radius 1 is 1.21 bits per heavy atom. The lowest BCUT2D eigenvalue weighted by atomic mass is 10.1. The summed E-state index contributed by atoms with van der Waals surface area (Å²) in [6, 6.07) is 8.72. The molecule has 0 aliphatic rings. The average Bonchev–Trinajstić information content (AvgIpc) is 2.67. The van der Waals surface area contributed by atoms with Gasteiger partial charge in [0.15, 0.2) is 0 Å². The molecule has 0 aliphatic heterocycles. The second kappa shape index (κ2) is 9.01. The van der Waals surface area contributed by atoms with Crippen LogP contribution in [-0.4, -0.2) is 44.8 Å². The largest absolute Gasteiger partial charge is 0.496 e. The van der Waals surface area contributed by atoms with E-state index in [1.165, 1.54) is 45.5 Å². The van der Waals surface area contributed by atoms with Crippen LogP contribution in [0.4, 0.5) is 11.4 Å². The maximum atomic E-state index is 12.4. The van der Waals surface area contributed by atoms with Crippen LogP contribution >= 0.6 is 0 Å². The van der Waals surface area contributed by atoms with E-state index in [2.05, 4.69) is 5.32 Å². The first-order chi connectivity index (χ1) is 13.6. The number of hydrogen-bond acceptors (Lipinski definition) is 6. The summed E-state index contributed by atoms with van der Waals surface area (Å²) in [4.78, 5) is 22.9. The van der Waals surface area contributed by atoms with Crippen LogP contribution in [0.2, 0.25) is 0 Å². The molecule has 0 unspecified atom stereocenters. The number of benzene rings is 2. The fourth-order valence-electron chi connectivity index (χ4n) is 2.64. The Hall–Kier alpha value is -2.98. The van der Waals surface area contributed by atoms with E-state index in [-0.39, 0.29) is 29.3 Å². The smallest absolute Gasteiger partial charge is 0.271 e. The first-order valence-corrected chi connectivity index (χ1v) is 10.1. The normalized spacial score (nSPS) is 11.3. The van der Waals surface area contributed by atoms with Gasteiger partial charge < -0.3 is 10.1 Å². The summed E-state index contributed by atoms with van der Waals surface area (Å²) in [5.41, 5.74) is 1.51. The summed E-state index contributed by atoms with van der Waals surface area (Å²) in [5.74, 6) is 0.124. The van der Waals surface area contributed by atoms with E-state index in [4.69, 9.17) is 4.74 Å². The minimum atomic E-state index is -3.62. The Bertz CT molecular complexity index is 1030. The number of sulfonamides is 1. The number of nitro benzene ring substituents is 1. The zero-order valence-electron chi connectivity index (χ0n) is 16.6. The third-order valence-corrected chi connectivity index (χ3v) is 6.17. The predicted octanol–water partition coefficient (Wildman–Crippen LogP) is 2.73. The molecule has 2 rings (SSSR count). The number of rotatable bonds is 8. The monoisotopic (exact) mass is 421 g/mol. The van der Waals surface area contributed by atoms with E-state index in [1.54, 1.807) is 19.1 Å². The Balaban J connectivity index is 2.18. The van der Waals surface area contributed by atoms with Crippen LogP contribution in [0, 0.1) is 17.0 Å². The van der Waals surface area contributed by atoms with Gasteiger partial charge in [-0.3, -0.25) is 14.9 Å². The van der Waals surface area contributed by atoms with Gasteiger partial charge in [0.05, 0.1) is 22.6 Å². The van der Waals surface area contributed by atoms with E-state index < -0.39 is 14.9 Å². The topological polar surface area (TPSA) is 119 Å². The maximum absolute atomic E-state index is 12.4. The number of non-ortho nitro benzene ring substituents is 1. The fraction of sp³-hybridized carbons (Fsp3) is 0.316. The number of carbonyl (C=O) groups is 1. The molecule has 0 saturated carbocycles. The van der Waals surface area contributed by atoms with Crippen LogP contribution in [0.3, 0.4) is 0 Å². The highest BCUT2D eigenvalue weighted by Crippen LogP contribution is 2.26. The second-order valence-corrected chi connectivity index (χ2v) is 8.72. The SMILES string of the molecule is COc1ccc(S(=O)(=O)N(C)C)cc1CCC(=O)Nc1cc([N+](=O)[O-])ccc1C. The highest BCUT2D eigenvalue weighted by molar-refractivity contribution is 7.89. The number of hydrogen-bond donors (Lipinski definition) is 1. The fourth-order valence-corrected chi connectivity index (χ4v) is 3.59. The molecule has 0 heterocycles. The molecule has 9 nitrogen and oxygen atoms in total. The number of methoxy groups -OCH3 is 1. The summed E-state index contributed by atoms with van der Waals surface area (Å²) in [6.07, 6.45) is 0.281. The first kappa shape index (κ1) is 22.3. The van der Waals surface area contributed by atoms with Crippen molar-refractivity contribution in [2.45, 2.75) is 24.7 Å². The molecule has 0 spiro atoms. The average molecular weight is 421 g/mol. The molecule has 1 amide bonds. The summed E-state index contributed by atoms with van der Waals surface area (Å²) in [5, 5.41) is 13.6. The number of nitro groups is 1. The number of anilines is 1. The van der Waals surface area contributed by atoms with Crippen LogP contribution in [0.5, 0.6) is 5.75 Å². The van der Waals surface area contributed by atoms with Crippen molar-refractivity contribution < 1.29 is 22.9 Å². The van der Waals surface area contributed by atoms with E-state index in [9.17, 15) is 23.3 Å². The standard InChI is InChI=1S/C19H23N3O6S/c1-13-5-7-15(22(24)25)12-17(13)20-19(23)10-6-14-11-16(8-9-18(14)28-4)29(26,27)21(2)3/h5,7-9,11-12H,6,10H2,1-4H3,(H,20,23). The molecular formula is C19H23N3O6S. The zero-order chi connectivity index (χ0) is 21.8. The molecule has 2 aromatic carbocycles. The summed E-state index contributed by atoms with van der Waals surface area (Å²) < 4.78 is 31.1. The van der Waals surface area contributed by atoms with Gasteiger partial charge in [0.25, 0.3) is 5.69 Å². The lowest BCUT2D eigenvalue weighted by molar-refractivity contribution is -0.384. The van der Waals surface area contributed by atoms with E-state index in [0.29, 0.717) is 22.6 Å². The molecule has 29 heavy (non-hydrogen) atoms. The van der Waals surface area contributed by atoms with Crippen LogP contribution < -0.4 is 10.1 Å². The second-order valence-electron chi connectivity index (χ2n) is 6.57. The summed E-state index contributed by atoms with van der Waals surface area (Å²) in [6.45, 7) is 1.73. The zero-order valence-corrected chi connectivity index (χ0v) is 17.4. The third-order valence-electron chi connectivity index (χ3n) is 4.36. The van der Waals surface area contributed by atoms with Crippen LogP contribution in [0.15, 0.2) is 41.3 Å². The molecule has 0 radical (unpaired) electrons. The third kappa shape index (κ3) is 5.30. The van der Waals surface area contributed by atoms with Crippen molar-refractivity contribution in [3.05, 3.63) is 57.6 Å². The van der Waals surface area contributed by atoms with Gasteiger partial charge in [0.1, 0.15) is 5.75 Å². The van der Waals surface area contributed by atoms with Gasteiger partial charge in [-0.15, -0.1) is 0 Å². The molecule has 0 atom stereocenters. The van der Waals surface area contributed by atoms with Gasteiger partial charge in [-0.1, -0.05) is 6.07 Å². The number of nitrogens with zero attached hydrogens (tertiary/aromatic N) is 2. The van der Waals surface area contributed by atoms with Gasteiger partial charge >= 0.3 is 0 Å². The van der Waals surface area contributed by atoms with E-state index in [0.717, 1.165) is 4.31 Å².